The van der Waals surface area contributed by atoms with Crippen LogP contribution in [0.2, 0.25) is 0 Å². The molecule has 2 rings (SSSR count). The molecule has 0 aliphatic heterocycles. The fraction of sp³-hybridized carbons (Fsp3) is 0.632. The van der Waals surface area contributed by atoms with Crippen molar-refractivity contribution >= 4 is 11.7 Å². The molecular formula is C19H30N2O2. The Balaban J connectivity index is 1.95. The molecule has 1 N–H and O–H groups in total. The highest BCUT2D eigenvalue weighted by atomic mass is 16.5. The van der Waals surface area contributed by atoms with Gasteiger partial charge in [-0.1, -0.05) is 31.9 Å². The van der Waals surface area contributed by atoms with Gasteiger partial charge in [-0.3, -0.25) is 0 Å². The van der Waals surface area contributed by atoms with Crippen molar-refractivity contribution in [3.8, 4) is 0 Å². The highest BCUT2D eigenvalue weighted by Crippen LogP contribution is 2.27. The predicted octanol–water partition coefficient (Wildman–Crippen LogP) is 4.65. The normalized spacial score (nSPS) is 21.3. The van der Waals surface area contributed by atoms with Crippen molar-refractivity contribution in [1.29, 1.82) is 0 Å². The van der Waals surface area contributed by atoms with Crippen LogP contribution in [0.4, 0.5) is 10.5 Å². The van der Waals surface area contributed by atoms with Crippen molar-refractivity contribution in [3.63, 3.8) is 0 Å². The van der Waals surface area contributed by atoms with Crippen molar-refractivity contribution in [1.82, 2.24) is 4.90 Å². The van der Waals surface area contributed by atoms with E-state index in [4.69, 9.17) is 4.74 Å². The van der Waals surface area contributed by atoms with Crippen LogP contribution in [-0.4, -0.2) is 30.1 Å². The van der Waals surface area contributed by atoms with E-state index in [2.05, 4.69) is 12.2 Å². The van der Waals surface area contributed by atoms with E-state index in [9.17, 15) is 4.79 Å². The Bertz CT molecular complexity index is 516. The molecule has 0 unspecified atom stereocenters. The van der Waals surface area contributed by atoms with Crippen molar-refractivity contribution in [2.75, 3.05) is 12.4 Å². The zero-order chi connectivity index (χ0) is 16.8. The Kier molecular flexibility index (Phi) is 6.46. The third-order valence-electron chi connectivity index (χ3n) is 4.65. The maximum absolute atomic E-state index is 12.5. The third-order valence-corrected chi connectivity index (χ3v) is 4.65. The Morgan fingerprint density at radius 2 is 2.09 bits per heavy atom. The van der Waals surface area contributed by atoms with Gasteiger partial charge in [-0.25, -0.2) is 4.79 Å². The number of anilines is 1. The summed E-state index contributed by atoms with van der Waals surface area (Å²) in [7, 11) is 1.91. The zero-order valence-electron chi connectivity index (χ0n) is 14.8. The minimum absolute atomic E-state index is 0.0225. The second-order valence-electron chi connectivity index (χ2n) is 6.93. The number of rotatable bonds is 5. The van der Waals surface area contributed by atoms with Crippen LogP contribution in [0.25, 0.3) is 0 Å². The molecule has 4 nitrogen and oxygen atoms in total. The lowest BCUT2D eigenvalue weighted by Gasteiger charge is -2.36. The summed E-state index contributed by atoms with van der Waals surface area (Å²) in [6.07, 6.45) is 5.02. The van der Waals surface area contributed by atoms with Gasteiger partial charge in [-0.15, -0.1) is 0 Å². The second-order valence-corrected chi connectivity index (χ2v) is 6.93. The number of amides is 2. The van der Waals surface area contributed by atoms with Crippen LogP contribution in [0.3, 0.4) is 0 Å². The van der Waals surface area contributed by atoms with Gasteiger partial charge >= 0.3 is 6.03 Å². The Labute approximate surface area is 140 Å². The number of hydrogen-bond donors (Lipinski definition) is 1. The minimum atomic E-state index is -0.0225. The average Bonchev–Trinajstić information content (AvgIpc) is 2.53. The molecule has 0 spiro atoms. The van der Waals surface area contributed by atoms with E-state index < -0.39 is 0 Å². The Morgan fingerprint density at radius 3 is 2.78 bits per heavy atom. The lowest BCUT2D eigenvalue weighted by molar-refractivity contribution is 0.0657. The molecule has 2 atom stereocenters. The van der Waals surface area contributed by atoms with Crippen molar-refractivity contribution in [2.24, 2.45) is 5.92 Å². The van der Waals surface area contributed by atoms with Crippen LogP contribution in [0, 0.1) is 5.92 Å². The summed E-state index contributed by atoms with van der Waals surface area (Å²) in [5.74, 6) is 0.574. The summed E-state index contributed by atoms with van der Waals surface area (Å²) in [5, 5.41) is 3.02. The SMILES string of the molecule is CC(C)OCc1cccc(NC(=O)N(C)[C@H]2CCCC[C@H]2C)c1. The minimum Gasteiger partial charge on any atom is -0.374 e. The average molecular weight is 318 g/mol. The lowest BCUT2D eigenvalue weighted by atomic mass is 9.85. The van der Waals surface area contributed by atoms with Gasteiger partial charge in [0.1, 0.15) is 0 Å². The molecule has 0 aromatic heterocycles. The topological polar surface area (TPSA) is 41.6 Å². The quantitative estimate of drug-likeness (QED) is 0.858. The smallest absolute Gasteiger partial charge is 0.321 e. The van der Waals surface area contributed by atoms with E-state index in [0.717, 1.165) is 17.7 Å². The van der Waals surface area contributed by atoms with Gasteiger partial charge in [0.2, 0.25) is 0 Å². The first-order valence-electron chi connectivity index (χ1n) is 8.71. The molecule has 1 aromatic carbocycles. The molecule has 4 heteroatoms. The molecule has 0 bridgehead atoms. The van der Waals surface area contributed by atoms with Crippen molar-refractivity contribution in [2.45, 2.75) is 65.2 Å². The fourth-order valence-electron chi connectivity index (χ4n) is 3.24. The predicted molar refractivity (Wildman–Crippen MR) is 94.6 cm³/mol. The highest BCUT2D eigenvalue weighted by Gasteiger charge is 2.27. The first-order valence-corrected chi connectivity index (χ1v) is 8.71. The fourth-order valence-corrected chi connectivity index (χ4v) is 3.24. The van der Waals surface area contributed by atoms with Crippen molar-refractivity contribution in [3.05, 3.63) is 29.8 Å². The number of carbonyl (C=O) groups excluding carboxylic acids is 1. The number of hydrogen-bond acceptors (Lipinski definition) is 2. The van der Waals surface area contributed by atoms with Gasteiger partial charge in [-0.05, 0) is 50.3 Å². The van der Waals surface area contributed by atoms with Gasteiger partial charge in [0, 0.05) is 18.8 Å². The van der Waals surface area contributed by atoms with E-state index in [0.29, 0.717) is 18.6 Å². The van der Waals surface area contributed by atoms with Gasteiger partial charge < -0.3 is 15.0 Å². The molecule has 1 saturated carbocycles. The van der Waals surface area contributed by atoms with E-state index in [1.54, 1.807) is 0 Å². The van der Waals surface area contributed by atoms with Gasteiger partial charge in [0.05, 0.1) is 12.7 Å². The molecule has 128 valence electrons. The monoisotopic (exact) mass is 318 g/mol. The number of ether oxygens (including phenoxy) is 1. The van der Waals surface area contributed by atoms with Crippen LogP contribution in [0.15, 0.2) is 24.3 Å². The summed E-state index contributed by atoms with van der Waals surface area (Å²) in [5.41, 5.74) is 1.90. The van der Waals surface area contributed by atoms with Gasteiger partial charge in [0.25, 0.3) is 0 Å². The standard InChI is InChI=1S/C19H30N2O2/c1-14(2)23-13-16-9-7-10-17(12-16)20-19(22)21(4)18-11-6-5-8-15(18)3/h7,9-10,12,14-15,18H,5-6,8,11,13H2,1-4H3,(H,20,22)/t15-,18+/m1/s1. The summed E-state index contributed by atoms with van der Waals surface area (Å²) in [6, 6.07) is 8.21. The first-order chi connectivity index (χ1) is 11.0. The number of carbonyl (C=O) groups is 1. The lowest BCUT2D eigenvalue weighted by Crippen LogP contribution is -2.44. The summed E-state index contributed by atoms with van der Waals surface area (Å²) >= 11 is 0. The largest absolute Gasteiger partial charge is 0.374 e. The molecule has 1 aromatic rings. The molecule has 23 heavy (non-hydrogen) atoms. The van der Waals surface area contributed by atoms with E-state index in [-0.39, 0.29) is 12.1 Å². The number of nitrogens with zero attached hydrogens (tertiary/aromatic N) is 1. The third kappa shape index (κ3) is 5.24. The molecule has 1 aliphatic rings. The van der Waals surface area contributed by atoms with Crippen molar-refractivity contribution < 1.29 is 9.53 Å². The molecule has 1 aliphatic carbocycles. The second kappa shape index (κ2) is 8.34. The van der Waals surface area contributed by atoms with Crippen LogP contribution >= 0.6 is 0 Å². The first kappa shape index (κ1) is 17.8. The number of benzene rings is 1. The molecule has 0 saturated heterocycles. The van der Waals surface area contributed by atoms with E-state index >= 15 is 0 Å². The molecule has 1 fully saturated rings. The summed E-state index contributed by atoms with van der Waals surface area (Å²) in [6.45, 7) is 6.85. The summed E-state index contributed by atoms with van der Waals surface area (Å²) < 4.78 is 5.62. The Hall–Kier alpha value is -1.55. The molecule has 0 radical (unpaired) electrons. The van der Waals surface area contributed by atoms with Gasteiger partial charge in [0.15, 0.2) is 0 Å². The van der Waals surface area contributed by atoms with E-state index in [1.165, 1.54) is 19.3 Å². The zero-order valence-corrected chi connectivity index (χ0v) is 14.8. The van der Waals surface area contributed by atoms with Crippen LogP contribution < -0.4 is 5.32 Å². The molecule has 2 amide bonds. The molecule has 0 heterocycles. The molecular weight excluding hydrogens is 288 g/mol. The maximum Gasteiger partial charge on any atom is 0.321 e. The highest BCUT2D eigenvalue weighted by molar-refractivity contribution is 5.89. The summed E-state index contributed by atoms with van der Waals surface area (Å²) in [4.78, 5) is 14.4. The number of nitrogens with one attached hydrogen (secondary N) is 1. The maximum atomic E-state index is 12.5. The van der Waals surface area contributed by atoms with Crippen LogP contribution in [0.5, 0.6) is 0 Å². The van der Waals surface area contributed by atoms with E-state index in [1.807, 2.05) is 50.1 Å². The Morgan fingerprint density at radius 1 is 1.35 bits per heavy atom. The number of urea groups is 1. The van der Waals surface area contributed by atoms with Crippen LogP contribution in [-0.2, 0) is 11.3 Å². The van der Waals surface area contributed by atoms with Crippen LogP contribution in [0.1, 0.15) is 52.0 Å². The van der Waals surface area contributed by atoms with Gasteiger partial charge in [-0.2, -0.15) is 0 Å².